The molecule has 0 spiro atoms. The van der Waals surface area contributed by atoms with Crippen molar-refractivity contribution < 1.29 is 4.74 Å². The van der Waals surface area contributed by atoms with Crippen LogP contribution in [-0.4, -0.2) is 16.5 Å². The normalized spacial score (nSPS) is 11.2. The molecule has 0 bridgehead atoms. The third-order valence-corrected chi connectivity index (χ3v) is 4.35. The Morgan fingerprint density at radius 2 is 2.10 bits per heavy atom. The first-order chi connectivity index (χ1) is 10.1. The van der Waals surface area contributed by atoms with Crippen LogP contribution in [0.4, 0.5) is 5.82 Å². The van der Waals surface area contributed by atoms with E-state index < -0.39 is 0 Å². The van der Waals surface area contributed by atoms with E-state index in [2.05, 4.69) is 27.0 Å². The molecule has 0 atom stereocenters. The fourth-order valence-electron chi connectivity index (χ4n) is 2.48. The molecular weight excluding hydrogens is 330 g/mol. The monoisotopic (exact) mass is 345 g/mol. The number of aromatic nitrogens is 2. The predicted molar refractivity (Wildman–Crippen MR) is 88.2 cm³/mol. The van der Waals surface area contributed by atoms with Gasteiger partial charge in [-0.3, -0.25) is 4.40 Å². The Balaban J connectivity index is 2.19. The fourth-order valence-corrected chi connectivity index (χ4v) is 2.79. The van der Waals surface area contributed by atoms with E-state index >= 15 is 0 Å². The van der Waals surface area contributed by atoms with Crippen LogP contribution in [0.2, 0.25) is 0 Å². The maximum atomic E-state index is 6.31. The second kappa shape index (κ2) is 5.50. The Hall–Kier alpha value is -1.85. The minimum atomic E-state index is 0.575. The molecular formula is C16H16BrN3O. The van der Waals surface area contributed by atoms with Gasteiger partial charge in [-0.25, -0.2) is 4.98 Å². The lowest BCUT2D eigenvalue weighted by Gasteiger charge is -2.05. The molecule has 0 saturated heterocycles. The van der Waals surface area contributed by atoms with Crippen LogP contribution in [-0.2, 0) is 11.3 Å². The van der Waals surface area contributed by atoms with Crippen LogP contribution in [0.1, 0.15) is 11.3 Å². The second-order valence-electron chi connectivity index (χ2n) is 4.94. The van der Waals surface area contributed by atoms with Crippen LogP contribution in [0.5, 0.6) is 0 Å². The van der Waals surface area contributed by atoms with E-state index in [0.29, 0.717) is 12.4 Å². The zero-order chi connectivity index (χ0) is 15.0. The number of rotatable bonds is 3. The molecule has 2 heterocycles. The van der Waals surface area contributed by atoms with E-state index in [1.807, 2.05) is 41.7 Å². The highest BCUT2D eigenvalue weighted by molar-refractivity contribution is 9.10. The Labute approximate surface area is 131 Å². The van der Waals surface area contributed by atoms with E-state index in [1.54, 1.807) is 7.11 Å². The number of ether oxygens (including phenoxy) is 1. The number of nitrogens with two attached hydrogens (primary N) is 1. The van der Waals surface area contributed by atoms with Gasteiger partial charge in [0.1, 0.15) is 17.2 Å². The Bertz CT molecular complexity index is 811. The molecule has 0 unspecified atom stereocenters. The zero-order valence-electron chi connectivity index (χ0n) is 11.9. The molecule has 21 heavy (non-hydrogen) atoms. The lowest BCUT2D eigenvalue weighted by molar-refractivity contribution is 0.185. The topological polar surface area (TPSA) is 52.5 Å². The van der Waals surface area contributed by atoms with Gasteiger partial charge < -0.3 is 10.5 Å². The van der Waals surface area contributed by atoms with Gasteiger partial charge in [0.05, 0.1) is 6.61 Å². The number of hydrogen-bond acceptors (Lipinski definition) is 3. The van der Waals surface area contributed by atoms with E-state index in [9.17, 15) is 0 Å². The number of imidazole rings is 1. The van der Waals surface area contributed by atoms with Gasteiger partial charge in [-0.15, -0.1) is 0 Å². The van der Waals surface area contributed by atoms with Crippen molar-refractivity contribution >= 4 is 27.4 Å². The summed E-state index contributed by atoms with van der Waals surface area (Å²) in [5.41, 5.74) is 11.1. The van der Waals surface area contributed by atoms with Gasteiger partial charge >= 0.3 is 0 Å². The van der Waals surface area contributed by atoms with Crippen molar-refractivity contribution in [1.29, 1.82) is 0 Å². The summed E-state index contributed by atoms with van der Waals surface area (Å²) in [5.74, 6) is 0.651. The molecule has 3 rings (SSSR count). The number of nitrogen functional groups attached to an aromatic ring is 1. The first kappa shape index (κ1) is 14.1. The van der Waals surface area contributed by atoms with Crippen molar-refractivity contribution in [3.05, 3.63) is 52.1 Å². The Kier molecular flexibility index (Phi) is 3.69. The SMILES string of the molecule is COCc1cccc(-c2nc3ccc(Br)c(C)n3c2N)c1. The summed E-state index contributed by atoms with van der Waals surface area (Å²) < 4.78 is 8.15. The van der Waals surface area contributed by atoms with Crippen molar-refractivity contribution in [3.63, 3.8) is 0 Å². The molecule has 0 fully saturated rings. The Morgan fingerprint density at radius 1 is 1.29 bits per heavy atom. The van der Waals surface area contributed by atoms with Gasteiger partial charge in [0.25, 0.3) is 0 Å². The Morgan fingerprint density at radius 3 is 2.86 bits per heavy atom. The van der Waals surface area contributed by atoms with Crippen molar-refractivity contribution in [2.24, 2.45) is 0 Å². The summed E-state index contributed by atoms with van der Waals surface area (Å²) in [6.07, 6.45) is 0. The predicted octanol–water partition coefficient (Wildman–Crippen LogP) is 3.80. The second-order valence-corrected chi connectivity index (χ2v) is 5.79. The molecule has 4 nitrogen and oxygen atoms in total. The summed E-state index contributed by atoms with van der Waals surface area (Å²) in [6.45, 7) is 2.59. The third kappa shape index (κ3) is 2.43. The van der Waals surface area contributed by atoms with Gasteiger partial charge in [-0.2, -0.15) is 0 Å². The minimum Gasteiger partial charge on any atom is -0.383 e. The van der Waals surface area contributed by atoms with Gasteiger partial charge in [0.15, 0.2) is 0 Å². The van der Waals surface area contributed by atoms with E-state index in [1.165, 1.54) is 0 Å². The van der Waals surface area contributed by atoms with Gasteiger partial charge in [-0.1, -0.05) is 18.2 Å². The van der Waals surface area contributed by atoms with Crippen molar-refractivity contribution in [3.8, 4) is 11.3 Å². The number of anilines is 1. The van der Waals surface area contributed by atoms with E-state index in [-0.39, 0.29) is 0 Å². The quantitative estimate of drug-likeness (QED) is 0.785. The molecule has 108 valence electrons. The largest absolute Gasteiger partial charge is 0.383 e. The molecule has 0 radical (unpaired) electrons. The summed E-state index contributed by atoms with van der Waals surface area (Å²) in [4.78, 5) is 4.66. The molecule has 0 amide bonds. The number of pyridine rings is 1. The molecule has 2 N–H and O–H groups in total. The number of hydrogen-bond donors (Lipinski definition) is 1. The number of nitrogens with zero attached hydrogens (tertiary/aromatic N) is 2. The maximum Gasteiger partial charge on any atom is 0.139 e. The number of halogens is 1. The summed E-state index contributed by atoms with van der Waals surface area (Å²) in [6, 6.07) is 12.0. The lowest BCUT2D eigenvalue weighted by Crippen LogP contribution is -1.98. The van der Waals surface area contributed by atoms with Gasteiger partial charge in [0, 0.05) is 22.8 Å². The lowest BCUT2D eigenvalue weighted by atomic mass is 10.1. The molecule has 5 heteroatoms. The van der Waals surface area contributed by atoms with Gasteiger partial charge in [0.2, 0.25) is 0 Å². The smallest absolute Gasteiger partial charge is 0.139 e. The highest BCUT2D eigenvalue weighted by Gasteiger charge is 2.14. The molecule has 2 aromatic heterocycles. The van der Waals surface area contributed by atoms with Crippen molar-refractivity contribution in [1.82, 2.24) is 9.38 Å². The number of benzene rings is 1. The van der Waals surface area contributed by atoms with Crippen LogP contribution in [0.15, 0.2) is 40.9 Å². The average Bonchev–Trinajstić information content (AvgIpc) is 2.81. The summed E-state index contributed by atoms with van der Waals surface area (Å²) in [5, 5.41) is 0. The molecule has 1 aromatic carbocycles. The van der Waals surface area contributed by atoms with Crippen LogP contribution in [0.3, 0.4) is 0 Å². The standard InChI is InChI=1S/C16H16BrN3O/c1-10-13(17)6-7-14-19-15(16(18)20(10)14)12-5-3-4-11(8-12)9-21-2/h3-8H,9,18H2,1-2H3. The van der Waals surface area contributed by atoms with E-state index in [0.717, 1.165) is 32.6 Å². The molecule has 3 aromatic rings. The molecule has 0 aliphatic carbocycles. The molecule has 0 aliphatic heterocycles. The number of methoxy groups -OCH3 is 1. The van der Waals surface area contributed by atoms with Crippen LogP contribution in [0.25, 0.3) is 16.9 Å². The highest BCUT2D eigenvalue weighted by Crippen LogP contribution is 2.30. The minimum absolute atomic E-state index is 0.575. The summed E-state index contributed by atoms with van der Waals surface area (Å²) >= 11 is 3.53. The average molecular weight is 346 g/mol. The number of aryl methyl sites for hydroxylation is 1. The zero-order valence-corrected chi connectivity index (χ0v) is 13.5. The van der Waals surface area contributed by atoms with Crippen LogP contribution < -0.4 is 5.73 Å². The molecule has 0 aliphatic rings. The maximum absolute atomic E-state index is 6.31. The van der Waals surface area contributed by atoms with Crippen LogP contribution >= 0.6 is 15.9 Å². The first-order valence-electron chi connectivity index (χ1n) is 6.63. The van der Waals surface area contributed by atoms with Gasteiger partial charge in [-0.05, 0) is 46.6 Å². The van der Waals surface area contributed by atoms with Crippen molar-refractivity contribution in [2.75, 3.05) is 12.8 Å². The van der Waals surface area contributed by atoms with Crippen LogP contribution in [0, 0.1) is 6.92 Å². The third-order valence-electron chi connectivity index (χ3n) is 3.51. The van der Waals surface area contributed by atoms with E-state index in [4.69, 9.17) is 10.5 Å². The van der Waals surface area contributed by atoms with Crippen molar-refractivity contribution in [2.45, 2.75) is 13.5 Å². The first-order valence-corrected chi connectivity index (χ1v) is 7.42. The molecule has 0 saturated carbocycles. The highest BCUT2D eigenvalue weighted by atomic mass is 79.9. The fraction of sp³-hybridized carbons (Fsp3) is 0.188. The summed E-state index contributed by atoms with van der Waals surface area (Å²) in [7, 11) is 1.69. The number of fused-ring (bicyclic) bond motifs is 1.